The number of aromatic nitrogens is 2. The molecule has 3 rings (SSSR count). The molecule has 0 aliphatic carbocycles. The fraction of sp³-hybridized carbons (Fsp3) is 0.304. The van der Waals surface area contributed by atoms with E-state index < -0.39 is 18.5 Å². The first-order valence-electron chi connectivity index (χ1n) is 10.2. The topological polar surface area (TPSA) is 90.3 Å². The summed E-state index contributed by atoms with van der Waals surface area (Å²) in [6.07, 6.45) is 3.01. The van der Waals surface area contributed by atoms with Crippen molar-refractivity contribution in [2.45, 2.75) is 32.2 Å². The minimum atomic E-state index is -0.704. The van der Waals surface area contributed by atoms with Crippen LogP contribution < -0.4 is 10.9 Å². The van der Waals surface area contributed by atoms with E-state index in [4.69, 9.17) is 27.9 Å². The van der Waals surface area contributed by atoms with Crippen LogP contribution in [-0.2, 0) is 20.9 Å². The van der Waals surface area contributed by atoms with Gasteiger partial charge in [0, 0.05) is 22.5 Å². The molecule has 9 heteroatoms. The van der Waals surface area contributed by atoms with Crippen LogP contribution in [-0.4, -0.2) is 34.6 Å². The second kappa shape index (κ2) is 11.1. The van der Waals surface area contributed by atoms with E-state index in [-0.39, 0.29) is 18.0 Å². The number of carbonyl (C=O) groups excluding carboxylic acids is 2. The molecular formula is C23H23Cl2N3O4. The Morgan fingerprint density at radius 2 is 1.97 bits per heavy atom. The molecule has 1 atom stereocenters. The minimum Gasteiger partial charge on any atom is -0.454 e. The number of ether oxygens (including phenoxy) is 1. The maximum absolute atomic E-state index is 12.4. The molecule has 0 radical (unpaired) electrons. The summed E-state index contributed by atoms with van der Waals surface area (Å²) in [6.45, 7) is 1.62. The Hall–Kier alpha value is -2.90. The third-order valence-corrected chi connectivity index (χ3v) is 5.54. The highest BCUT2D eigenvalue weighted by molar-refractivity contribution is 6.35. The number of hydrogen-bond donors (Lipinski definition) is 1. The number of halogens is 2. The number of rotatable bonds is 9. The molecule has 168 valence electrons. The third kappa shape index (κ3) is 6.08. The highest BCUT2D eigenvalue weighted by atomic mass is 35.5. The standard InChI is InChI=1S/C23H23Cl2N3O4/c1-2-5-15(17-9-8-16(24)10-19(17)25)11-26-21(29)13-32-22(30)12-28-14-27-20-7-4-3-6-18(20)23(28)31/h3-4,6-10,14-15H,2,5,11-13H2,1H3,(H,26,29). The molecule has 0 spiro atoms. The fourth-order valence-corrected chi connectivity index (χ4v) is 3.95. The van der Waals surface area contributed by atoms with Crippen molar-refractivity contribution in [2.24, 2.45) is 0 Å². The van der Waals surface area contributed by atoms with Gasteiger partial charge in [-0.15, -0.1) is 0 Å². The number of carbonyl (C=O) groups is 2. The van der Waals surface area contributed by atoms with Crippen LogP contribution in [0.25, 0.3) is 10.9 Å². The highest BCUT2D eigenvalue weighted by Crippen LogP contribution is 2.30. The predicted octanol–water partition coefficient (Wildman–Crippen LogP) is 3.95. The second-order valence-corrected chi connectivity index (χ2v) is 8.15. The number of para-hydroxylation sites is 1. The van der Waals surface area contributed by atoms with E-state index in [1.54, 1.807) is 36.4 Å². The Bertz CT molecular complexity index is 1180. The average molecular weight is 476 g/mol. The maximum Gasteiger partial charge on any atom is 0.326 e. The van der Waals surface area contributed by atoms with E-state index in [1.807, 2.05) is 13.0 Å². The van der Waals surface area contributed by atoms with Crippen LogP contribution >= 0.6 is 23.2 Å². The van der Waals surface area contributed by atoms with Crippen molar-refractivity contribution < 1.29 is 14.3 Å². The lowest BCUT2D eigenvalue weighted by Gasteiger charge is -2.19. The molecule has 1 unspecified atom stereocenters. The molecule has 0 saturated carbocycles. The molecule has 1 heterocycles. The first-order chi connectivity index (χ1) is 15.4. The van der Waals surface area contributed by atoms with Gasteiger partial charge in [-0.25, -0.2) is 4.98 Å². The van der Waals surface area contributed by atoms with Gasteiger partial charge in [0.25, 0.3) is 11.5 Å². The van der Waals surface area contributed by atoms with Crippen molar-refractivity contribution in [1.82, 2.24) is 14.9 Å². The monoisotopic (exact) mass is 475 g/mol. The summed E-state index contributed by atoms with van der Waals surface area (Å²) in [5, 5.41) is 4.27. The van der Waals surface area contributed by atoms with Gasteiger partial charge in [0.05, 0.1) is 17.2 Å². The van der Waals surface area contributed by atoms with E-state index in [0.717, 1.165) is 23.0 Å². The molecule has 0 aliphatic rings. The third-order valence-electron chi connectivity index (χ3n) is 4.98. The summed E-state index contributed by atoms with van der Waals surface area (Å²) in [6, 6.07) is 12.1. The Labute approximate surface area is 195 Å². The zero-order valence-electron chi connectivity index (χ0n) is 17.5. The molecule has 7 nitrogen and oxygen atoms in total. The zero-order chi connectivity index (χ0) is 23.1. The molecule has 0 fully saturated rings. The number of fused-ring (bicyclic) bond motifs is 1. The lowest BCUT2D eigenvalue weighted by molar-refractivity contribution is -0.149. The van der Waals surface area contributed by atoms with Crippen LogP contribution in [0.5, 0.6) is 0 Å². The lowest BCUT2D eigenvalue weighted by Crippen LogP contribution is -2.33. The lowest BCUT2D eigenvalue weighted by atomic mass is 9.94. The Morgan fingerprint density at radius 1 is 1.19 bits per heavy atom. The van der Waals surface area contributed by atoms with E-state index >= 15 is 0 Å². The summed E-state index contributed by atoms with van der Waals surface area (Å²) in [7, 11) is 0. The van der Waals surface area contributed by atoms with Gasteiger partial charge < -0.3 is 10.1 Å². The van der Waals surface area contributed by atoms with Crippen LogP contribution in [0.4, 0.5) is 0 Å². The number of nitrogens with zero attached hydrogens (tertiary/aromatic N) is 2. The van der Waals surface area contributed by atoms with Crippen LogP contribution in [0.1, 0.15) is 31.2 Å². The van der Waals surface area contributed by atoms with Crippen LogP contribution in [0.15, 0.2) is 53.6 Å². The van der Waals surface area contributed by atoms with Gasteiger partial charge >= 0.3 is 5.97 Å². The molecule has 0 saturated heterocycles. The second-order valence-electron chi connectivity index (χ2n) is 7.31. The molecule has 1 aromatic heterocycles. The summed E-state index contributed by atoms with van der Waals surface area (Å²) in [5.41, 5.74) is 1.10. The van der Waals surface area contributed by atoms with Gasteiger partial charge in [-0.2, -0.15) is 0 Å². The van der Waals surface area contributed by atoms with Crippen molar-refractivity contribution in [2.75, 3.05) is 13.2 Å². The number of nitrogens with one attached hydrogen (secondary N) is 1. The van der Waals surface area contributed by atoms with Crippen LogP contribution in [0.2, 0.25) is 10.0 Å². The summed E-state index contributed by atoms with van der Waals surface area (Å²) in [5.74, 6) is -1.13. The smallest absolute Gasteiger partial charge is 0.326 e. The van der Waals surface area contributed by atoms with Crippen LogP contribution in [0.3, 0.4) is 0 Å². The molecular weight excluding hydrogens is 453 g/mol. The number of amides is 1. The SMILES string of the molecule is CCCC(CNC(=O)COC(=O)Cn1cnc2ccccc2c1=O)c1ccc(Cl)cc1Cl. The number of hydrogen-bond acceptors (Lipinski definition) is 5. The van der Waals surface area contributed by atoms with Crippen molar-refractivity contribution >= 4 is 46.0 Å². The van der Waals surface area contributed by atoms with Crippen molar-refractivity contribution in [3.05, 3.63) is 74.8 Å². The molecule has 3 aromatic rings. The van der Waals surface area contributed by atoms with E-state index in [2.05, 4.69) is 10.3 Å². The van der Waals surface area contributed by atoms with E-state index in [1.165, 1.54) is 6.33 Å². The predicted molar refractivity (Wildman–Crippen MR) is 124 cm³/mol. The number of benzene rings is 2. The zero-order valence-corrected chi connectivity index (χ0v) is 19.0. The molecule has 1 amide bonds. The van der Waals surface area contributed by atoms with E-state index in [0.29, 0.717) is 27.5 Å². The van der Waals surface area contributed by atoms with E-state index in [9.17, 15) is 14.4 Å². The van der Waals surface area contributed by atoms with Gasteiger partial charge in [0.15, 0.2) is 6.61 Å². The number of esters is 1. The summed E-state index contributed by atoms with van der Waals surface area (Å²) in [4.78, 5) is 40.9. The first kappa shape index (κ1) is 23.8. The largest absolute Gasteiger partial charge is 0.454 e. The molecule has 0 bridgehead atoms. The molecule has 32 heavy (non-hydrogen) atoms. The van der Waals surface area contributed by atoms with Gasteiger partial charge in [0.2, 0.25) is 0 Å². The van der Waals surface area contributed by atoms with Crippen molar-refractivity contribution in [3.63, 3.8) is 0 Å². The van der Waals surface area contributed by atoms with Crippen molar-refractivity contribution in [3.8, 4) is 0 Å². The Kier molecular flexibility index (Phi) is 8.25. The summed E-state index contributed by atoms with van der Waals surface area (Å²) < 4.78 is 6.19. The maximum atomic E-state index is 12.4. The normalized spacial score (nSPS) is 11.8. The Balaban J connectivity index is 1.53. The van der Waals surface area contributed by atoms with Gasteiger partial charge in [-0.1, -0.05) is 54.7 Å². The quantitative estimate of drug-likeness (QED) is 0.473. The van der Waals surface area contributed by atoms with Gasteiger partial charge in [0.1, 0.15) is 6.54 Å². The fourth-order valence-electron chi connectivity index (χ4n) is 3.39. The summed E-state index contributed by atoms with van der Waals surface area (Å²) >= 11 is 12.3. The highest BCUT2D eigenvalue weighted by Gasteiger charge is 2.17. The molecule has 0 aliphatic heterocycles. The van der Waals surface area contributed by atoms with Crippen LogP contribution in [0, 0.1) is 0 Å². The Morgan fingerprint density at radius 3 is 2.72 bits per heavy atom. The van der Waals surface area contributed by atoms with Crippen molar-refractivity contribution in [1.29, 1.82) is 0 Å². The van der Waals surface area contributed by atoms with Gasteiger partial charge in [-0.3, -0.25) is 19.0 Å². The average Bonchev–Trinajstić information content (AvgIpc) is 2.77. The first-order valence-corrected chi connectivity index (χ1v) is 11.0. The molecule has 1 N–H and O–H groups in total. The van der Waals surface area contributed by atoms with Gasteiger partial charge in [-0.05, 0) is 36.2 Å². The minimum absolute atomic E-state index is 0.00618. The molecule has 2 aromatic carbocycles.